The number of hydrogen-bond acceptors (Lipinski definition) is 5. The summed E-state index contributed by atoms with van der Waals surface area (Å²) in [5.74, 6) is -1.33. The van der Waals surface area contributed by atoms with Gasteiger partial charge in [-0.3, -0.25) is 4.79 Å². The maximum Gasteiger partial charge on any atom is 0.335 e. The summed E-state index contributed by atoms with van der Waals surface area (Å²) < 4.78 is 27.8. The van der Waals surface area contributed by atoms with E-state index >= 15 is 0 Å². The van der Waals surface area contributed by atoms with Crippen molar-refractivity contribution in [2.45, 2.75) is 11.7 Å². The lowest BCUT2D eigenvalue weighted by molar-refractivity contribution is -0.117. The van der Waals surface area contributed by atoms with Gasteiger partial charge in [-0.25, -0.2) is 18.4 Å². The fourth-order valence-corrected chi connectivity index (χ4v) is 2.89. The van der Waals surface area contributed by atoms with Gasteiger partial charge in [0.25, 0.3) is 0 Å². The largest absolute Gasteiger partial charge is 0.495 e. The molecule has 0 radical (unpaired) electrons. The lowest BCUT2D eigenvalue weighted by Gasteiger charge is -2.19. The topological polar surface area (TPSA) is 127 Å². The summed E-state index contributed by atoms with van der Waals surface area (Å²) in [5.41, 5.74) is 0.186. The maximum atomic E-state index is 12.0. The van der Waals surface area contributed by atoms with Gasteiger partial charge in [0.05, 0.1) is 18.4 Å². The predicted molar refractivity (Wildman–Crippen MR) is 73.8 cm³/mol. The van der Waals surface area contributed by atoms with Gasteiger partial charge in [-0.1, -0.05) is 0 Å². The molecule has 0 bridgehead atoms. The van der Waals surface area contributed by atoms with Gasteiger partial charge >= 0.3 is 5.97 Å². The van der Waals surface area contributed by atoms with Crippen molar-refractivity contribution in [2.75, 3.05) is 18.6 Å². The van der Waals surface area contributed by atoms with Crippen LogP contribution in [-0.2, 0) is 14.8 Å². The van der Waals surface area contributed by atoms with Crippen molar-refractivity contribution in [1.82, 2.24) is 0 Å². The molecule has 1 aromatic rings. The Labute approximate surface area is 121 Å². The first kappa shape index (κ1) is 15.3. The van der Waals surface area contributed by atoms with E-state index in [0.717, 1.165) is 0 Å². The van der Waals surface area contributed by atoms with Gasteiger partial charge in [0.1, 0.15) is 11.0 Å². The van der Waals surface area contributed by atoms with Crippen LogP contribution < -0.4 is 14.8 Å². The van der Waals surface area contributed by atoms with Crippen molar-refractivity contribution in [3.05, 3.63) is 23.8 Å². The van der Waals surface area contributed by atoms with Gasteiger partial charge in [-0.2, -0.15) is 0 Å². The number of carboxylic acids is 1. The van der Waals surface area contributed by atoms with Crippen LogP contribution in [0.2, 0.25) is 0 Å². The zero-order valence-corrected chi connectivity index (χ0v) is 12.0. The number of nitrogens with two attached hydrogens (primary N) is 1. The number of benzene rings is 1. The van der Waals surface area contributed by atoms with E-state index in [1.54, 1.807) is 0 Å². The van der Waals surface area contributed by atoms with Gasteiger partial charge in [0.2, 0.25) is 15.9 Å². The first-order valence-electron chi connectivity index (χ1n) is 5.97. The Balaban J connectivity index is 2.43. The standard InChI is InChI=1S/C12H14N2O6S/c1-20-10-3-2-7(12(16)17)4-9(10)14-6-8(5-11(14)15)21(13,18)19/h2-4,8H,5-6H2,1H3,(H,16,17)(H2,13,18,19). The van der Waals surface area contributed by atoms with E-state index in [4.69, 9.17) is 15.0 Å². The molecule has 0 aliphatic carbocycles. The van der Waals surface area contributed by atoms with E-state index in [0.29, 0.717) is 0 Å². The minimum absolute atomic E-state index is 0.0299. The number of rotatable bonds is 4. The maximum absolute atomic E-state index is 12.0. The van der Waals surface area contributed by atoms with Crippen LogP contribution >= 0.6 is 0 Å². The third-order valence-corrected chi connectivity index (χ3v) is 4.52. The molecule has 8 nitrogen and oxygen atoms in total. The van der Waals surface area contributed by atoms with Crippen LogP contribution in [0.3, 0.4) is 0 Å². The summed E-state index contributed by atoms with van der Waals surface area (Å²) in [7, 11) is -2.47. The molecule has 3 N–H and O–H groups in total. The highest BCUT2D eigenvalue weighted by atomic mass is 32.2. The SMILES string of the molecule is COc1ccc(C(=O)O)cc1N1CC(S(N)(=O)=O)CC1=O. The number of carbonyl (C=O) groups excluding carboxylic acids is 1. The molecule has 1 aliphatic rings. The van der Waals surface area contributed by atoms with Crippen LogP contribution in [0.4, 0.5) is 5.69 Å². The number of carbonyl (C=O) groups is 2. The summed E-state index contributed by atoms with van der Waals surface area (Å²) in [6, 6.07) is 4.02. The summed E-state index contributed by atoms with van der Waals surface area (Å²) in [6.45, 7) is -0.128. The van der Waals surface area contributed by atoms with Gasteiger partial charge in [0.15, 0.2) is 0 Å². The Morgan fingerprint density at radius 3 is 2.62 bits per heavy atom. The van der Waals surface area contributed by atoms with Gasteiger partial charge in [-0.05, 0) is 18.2 Å². The third kappa shape index (κ3) is 2.98. The number of ether oxygens (including phenoxy) is 1. The number of primary sulfonamides is 1. The second-order valence-electron chi connectivity index (χ2n) is 4.61. The number of nitrogens with zero attached hydrogens (tertiary/aromatic N) is 1. The van der Waals surface area contributed by atoms with Crippen LogP contribution in [0.25, 0.3) is 0 Å². The second kappa shape index (κ2) is 5.34. The van der Waals surface area contributed by atoms with Crippen molar-refractivity contribution in [3.63, 3.8) is 0 Å². The number of methoxy groups -OCH3 is 1. The van der Waals surface area contributed by atoms with E-state index in [2.05, 4.69) is 0 Å². The predicted octanol–water partition coefficient (Wildman–Crippen LogP) is -0.213. The molecule has 0 spiro atoms. The molecule has 1 fully saturated rings. The zero-order chi connectivity index (χ0) is 15.8. The molecule has 114 valence electrons. The normalized spacial score (nSPS) is 18.9. The van der Waals surface area contributed by atoms with E-state index in [1.165, 1.54) is 30.2 Å². The molecule has 0 saturated carbocycles. The summed E-state index contributed by atoms with van der Waals surface area (Å²) in [4.78, 5) is 24.2. The summed E-state index contributed by atoms with van der Waals surface area (Å²) >= 11 is 0. The second-order valence-corrected chi connectivity index (χ2v) is 6.46. The number of sulfonamides is 1. The lowest BCUT2D eigenvalue weighted by atomic mass is 10.1. The Hall–Kier alpha value is -2.13. The Kier molecular flexibility index (Phi) is 3.88. The molecule has 1 saturated heterocycles. The number of anilines is 1. The Morgan fingerprint density at radius 2 is 2.14 bits per heavy atom. The van der Waals surface area contributed by atoms with E-state index in [-0.39, 0.29) is 30.0 Å². The minimum atomic E-state index is -3.84. The van der Waals surface area contributed by atoms with E-state index in [9.17, 15) is 18.0 Å². The third-order valence-electron chi connectivity index (χ3n) is 3.27. The highest BCUT2D eigenvalue weighted by Crippen LogP contribution is 2.33. The average Bonchev–Trinajstić information content (AvgIpc) is 2.79. The Morgan fingerprint density at radius 1 is 1.48 bits per heavy atom. The minimum Gasteiger partial charge on any atom is -0.495 e. The fourth-order valence-electron chi connectivity index (χ4n) is 2.16. The quantitative estimate of drug-likeness (QED) is 0.791. The molecule has 1 heterocycles. The Bertz CT molecular complexity index is 700. The first-order chi connectivity index (χ1) is 9.74. The van der Waals surface area contributed by atoms with Crippen molar-refractivity contribution < 1.29 is 27.9 Å². The van der Waals surface area contributed by atoms with E-state index in [1.807, 2.05) is 0 Å². The van der Waals surface area contributed by atoms with Crippen LogP contribution in [-0.4, -0.2) is 44.3 Å². The first-order valence-corrected chi connectivity index (χ1v) is 7.58. The molecular weight excluding hydrogens is 300 g/mol. The van der Waals surface area contributed by atoms with Gasteiger partial charge < -0.3 is 14.7 Å². The van der Waals surface area contributed by atoms with Gasteiger partial charge in [0, 0.05) is 13.0 Å². The van der Waals surface area contributed by atoms with Crippen LogP contribution in [0.15, 0.2) is 18.2 Å². The molecule has 1 aromatic carbocycles. The molecule has 2 rings (SSSR count). The van der Waals surface area contributed by atoms with Crippen LogP contribution in [0.1, 0.15) is 16.8 Å². The molecule has 1 unspecified atom stereocenters. The molecule has 0 aromatic heterocycles. The average molecular weight is 314 g/mol. The number of aromatic carboxylic acids is 1. The monoisotopic (exact) mass is 314 g/mol. The molecule has 21 heavy (non-hydrogen) atoms. The van der Waals surface area contributed by atoms with Crippen LogP contribution in [0.5, 0.6) is 5.75 Å². The number of amides is 1. The lowest BCUT2D eigenvalue weighted by Crippen LogP contribution is -2.32. The van der Waals surface area contributed by atoms with Crippen molar-refractivity contribution in [1.29, 1.82) is 0 Å². The molecule has 1 aliphatic heterocycles. The zero-order valence-electron chi connectivity index (χ0n) is 11.1. The number of carboxylic acid groups (broad SMARTS) is 1. The van der Waals surface area contributed by atoms with Gasteiger partial charge in [-0.15, -0.1) is 0 Å². The molecule has 1 atom stereocenters. The van der Waals surface area contributed by atoms with E-state index < -0.39 is 27.1 Å². The highest BCUT2D eigenvalue weighted by Gasteiger charge is 2.38. The molecule has 1 amide bonds. The van der Waals surface area contributed by atoms with Crippen molar-refractivity contribution >= 4 is 27.6 Å². The van der Waals surface area contributed by atoms with Crippen LogP contribution in [0, 0.1) is 0 Å². The molecular formula is C12H14N2O6S. The fraction of sp³-hybridized carbons (Fsp3) is 0.333. The van der Waals surface area contributed by atoms with Crippen molar-refractivity contribution in [3.8, 4) is 5.75 Å². The highest BCUT2D eigenvalue weighted by molar-refractivity contribution is 7.89. The molecule has 9 heteroatoms. The summed E-state index contributed by atoms with van der Waals surface area (Å²) in [5, 5.41) is 13.1. The summed E-state index contributed by atoms with van der Waals surface area (Å²) in [6.07, 6.45) is -0.237. The number of hydrogen-bond donors (Lipinski definition) is 2. The van der Waals surface area contributed by atoms with Crippen molar-refractivity contribution in [2.24, 2.45) is 5.14 Å². The smallest absolute Gasteiger partial charge is 0.335 e.